The van der Waals surface area contributed by atoms with Crippen molar-refractivity contribution in [2.45, 2.75) is 78.4 Å². The molecule has 0 amide bonds. The van der Waals surface area contributed by atoms with Gasteiger partial charge >= 0.3 is 0 Å². The van der Waals surface area contributed by atoms with E-state index in [1.807, 2.05) is 0 Å². The standard InChI is InChI=1S/C19H32N2/c1-5-7-12-21(16(4)6-2)19-11-8-17(15(3)13-19)14-20-18-9-10-18/h8,11,13,16,18,20H,5-7,9-10,12,14H2,1-4H3. The molecule has 1 aliphatic rings. The van der Waals surface area contributed by atoms with Crippen LogP contribution in [0.1, 0.15) is 64.0 Å². The molecule has 1 aromatic carbocycles. The first kappa shape index (κ1) is 16.4. The van der Waals surface area contributed by atoms with Crippen LogP contribution in [0.2, 0.25) is 0 Å². The lowest BCUT2D eigenvalue weighted by Gasteiger charge is -2.31. The van der Waals surface area contributed by atoms with Crippen molar-refractivity contribution >= 4 is 5.69 Å². The Bertz CT molecular complexity index is 437. The molecule has 0 aromatic heterocycles. The van der Waals surface area contributed by atoms with Crippen molar-refractivity contribution < 1.29 is 0 Å². The topological polar surface area (TPSA) is 15.3 Å². The van der Waals surface area contributed by atoms with Crippen LogP contribution in [0.15, 0.2) is 18.2 Å². The lowest BCUT2D eigenvalue weighted by molar-refractivity contribution is 0.595. The number of anilines is 1. The first-order valence-corrected chi connectivity index (χ1v) is 8.75. The van der Waals surface area contributed by atoms with E-state index in [0.29, 0.717) is 6.04 Å². The highest BCUT2D eigenvalue weighted by molar-refractivity contribution is 5.51. The molecule has 1 aliphatic carbocycles. The minimum absolute atomic E-state index is 0.617. The van der Waals surface area contributed by atoms with E-state index in [1.165, 1.54) is 55.5 Å². The molecular weight excluding hydrogens is 256 g/mol. The zero-order chi connectivity index (χ0) is 15.2. The molecule has 1 fully saturated rings. The number of nitrogens with one attached hydrogen (secondary N) is 1. The molecule has 2 rings (SSSR count). The van der Waals surface area contributed by atoms with E-state index < -0.39 is 0 Å². The van der Waals surface area contributed by atoms with Gasteiger partial charge in [0.1, 0.15) is 0 Å². The first-order chi connectivity index (χ1) is 10.2. The number of hydrogen-bond acceptors (Lipinski definition) is 2. The van der Waals surface area contributed by atoms with Crippen molar-refractivity contribution in [3.8, 4) is 0 Å². The Morgan fingerprint density at radius 2 is 2.05 bits per heavy atom. The first-order valence-electron chi connectivity index (χ1n) is 8.75. The molecule has 0 radical (unpaired) electrons. The van der Waals surface area contributed by atoms with Gasteiger partial charge in [-0.2, -0.15) is 0 Å². The number of nitrogens with zero attached hydrogens (tertiary/aromatic N) is 1. The second-order valence-electron chi connectivity index (χ2n) is 6.57. The third-order valence-corrected chi connectivity index (χ3v) is 4.69. The molecule has 1 unspecified atom stereocenters. The highest BCUT2D eigenvalue weighted by Crippen LogP contribution is 2.24. The number of benzene rings is 1. The maximum atomic E-state index is 3.62. The fourth-order valence-corrected chi connectivity index (χ4v) is 2.75. The van der Waals surface area contributed by atoms with Gasteiger partial charge in [0.15, 0.2) is 0 Å². The quantitative estimate of drug-likeness (QED) is 0.711. The highest BCUT2D eigenvalue weighted by Gasteiger charge is 2.20. The molecule has 21 heavy (non-hydrogen) atoms. The summed E-state index contributed by atoms with van der Waals surface area (Å²) in [5.74, 6) is 0. The monoisotopic (exact) mass is 288 g/mol. The fourth-order valence-electron chi connectivity index (χ4n) is 2.75. The summed E-state index contributed by atoms with van der Waals surface area (Å²) in [6.07, 6.45) is 6.45. The van der Waals surface area contributed by atoms with E-state index in [0.717, 1.165) is 12.6 Å². The molecular formula is C19H32N2. The fraction of sp³-hybridized carbons (Fsp3) is 0.684. The summed E-state index contributed by atoms with van der Waals surface area (Å²) < 4.78 is 0. The van der Waals surface area contributed by atoms with Crippen LogP contribution in [0.3, 0.4) is 0 Å². The molecule has 0 saturated heterocycles. The van der Waals surface area contributed by atoms with Gasteiger partial charge in [0.2, 0.25) is 0 Å². The van der Waals surface area contributed by atoms with E-state index in [2.05, 4.69) is 56.1 Å². The van der Waals surface area contributed by atoms with Gasteiger partial charge < -0.3 is 10.2 Å². The van der Waals surface area contributed by atoms with Crippen molar-refractivity contribution in [1.82, 2.24) is 5.32 Å². The minimum atomic E-state index is 0.617. The van der Waals surface area contributed by atoms with Gasteiger partial charge in [0.25, 0.3) is 0 Å². The van der Waals surface area contributed by atoms with E-state index in [9.17, 15) is 0 Å². The Balaban J connectivity index is 2.06. The Hall–Kier alpha value is -1.02. The molecule has 118 valence electrons. The lowest BCUT2D eigenvalue weighted by atomic mass is 10.1. The van der Waals surface area contributed by atoms with Gasteiger partial charge in [-0.1, -0.05) is 26.3 Å². The molecule has 0 aliphatic heterocycles. The Labute approximate surface area is 130 Å². The second kappa shape index (κ2) is 7.84. The maximum absolute atomic E-state index is 3.62. The number of unbranched alkanes of at least 4 members (excludes halogenated alkanes) is 1. The number of rotatable bonds is 9. The third-order valence-electron chi connectivity index (χ3n) is 4.69. The molecule has 0 bridgehead atoms. The number of hydrogen-bond donors (Lipinski definition) is 1. The van der Waals surface area contributed by atoms with Crippen LogP contribution in [-0.4, -0.2) is 18.6 Å². The van der Waals surface area contributed by atoms with Crippen LogP contribution < -0.4 is 10.2 Å². The van der Waals surface area contributed by atoms with Gasteiger partial charge in [-0.25, -0.2) is 0 Å². The Kier molecular flexibility index (Phi) is 6.10. The maximum Gasteiger partial charge on any atom is 0.0371 e. The predicted octanol–water partition coefficient (Wildman–Crippen LogP) is 4.65. The smallest absolute Gasteiger partial charge is 0.0371 e. The molecule has 0 spiro atoms. The van der Waals surface area contributed by atoms with E-state index in [1.54, 1.807) is 0 Å². The summed E-state index contributed by atoms with van der Waals surface area (Å²) in [7, 11) is 0. The largest absolute Gasteiger partial charge is 0.369 e. The van der Waals surface area contributed by atoms with Gasteiger partial charge in [0.05, 0.1) is 0 Å². The van der Waals surface area contributed by atoms with Gasteiger partial charge in [-0.15, -0.1) is 0 Å². The predicted molar refractivity (Wildman–Crippen MR) is 93.0 cm³/mol. The van der Waals surface area contributed by atoms with E-state index in [-0.39, 0.29) is 0 Å². The summed E-state index contributed by atoms with van der Waals surface area (Å²) >= 11 is 0. The van der Waals surface area contributed by atoms with Crippen LogP contribution in [0.25, 0.3) is 0 Å². The van der Waals surface area contributed by atoms with Crippen LogP contribution in [0.5, 0.6) is 0 Å². The van der Waals surface area contributed by atoms with Crippen LogP contribution >= 0.6 is 0 Å². The van der Waals surface area contributed by atoms with Gasteiger partial charge in [0, 0.05) is 30.9 Å². The van der Waals surface area contributed by atoms with Crippen molar-refractivity contribution in [3.05, 3.63) is 29.3 Å². The SMILES string of the molecule is CCCCN(c1ccc(CNC2CC2)c(C)c1)C(C)CC. The molecule has 1 aromatic rings. The van der Waals surface area contributed by atoms with Crippen molar-refractivity contribution in [3.63, 3.8) is 0 Å². The van der Waals surface area contributed by atoms with Crippen LogP contribution in [0.4, 0.5) is 5.69 Å². The molecule has 2 heteroatoms. The van der Waals surface area contributed by atoms with E-state index in [4.69, 9.17) is 0 Å². The van der Waals surface area contributed by atoms with Gasteiger partial charge in [-0.3, -0.25) is 0 Å². The molecule has 1 atom stereocenters. The zero-order valence-electron chi connectivity index (χ0n) is 14.3. The Morgan fingerprint density at radius 3 is 2.62 bits per heavy atom. The molecule has 1 saturated carbocycles. The van der Waals surface area contributed by atoms with Crippen molar-refractivity contribution in [1.29, 1.82) is 0 Å². The third kappa shape index (κ3) is 4.74. The van der Waals surface area contributed by atoms with E-state index >= 15 is 0 Å². The van der Waals surface area contributed by atoms with Gasteiger partial charge in [-0.05, 0) is 62.8 Å². The normalized spacial score (nSPS) is 16.0. The summed E-state index contributed by atoms with van der Waals surface area (Å²) in [5, 5.41) is 3.62. The average Bonchev–Trinajstić information content (AvgIpc) is 3.30. The summed E-state index contributed by atoms with van der Waals surface area (Å²) in [6.45, 7) is 11.3. The lowest BCUT2D eigenvalue weighted by Crippen LogP contribution is -2.33. The summed E-state index contributed by atoms with van der Waals surface area (Å²) in [6, 6.07) is 8.42. The van der Waals surface area contributed by atoms with Crippen LogP contribution in [0, 0.1) is 6.92 Å². The molecule has 0 heterocycles. The summed E-state index contributed by atoms with van der Waals surface area (Å²) in [4.78, 5) is 2.58. The minimum Gasteiger partial charge on any atom is -0.369 e. The van der Waals surface area contributed by atoms with Crippen LogP contribution in [-0.2, 0) is 6.54 Å². The average molecular weight is 288 g/mol. The molecule has 1 N–H and O–H groups in total. The van der Waals surface area contributed by atoms with Crippen molar-refractivity contribution in [2.75, 3.05) is 11.4 Å². The molecule has 2 nitrogen and oxygen atoms in total. The summed E-state index contributed by atoms with van der Waals surface area (Å²) in [5.41, 5.74) is 4.26. The number of aryl methyl sites for hydroxylation is 1. The highest BCUT2D eigenvalue weighted by atomic mass is 15.2. The second-order valence-corrected chi connectivity index (χ2v) is 6.57. The zero-order valence-corrected chi connectivity index (χ0v) is 14.3. The van der Waals surface area contributed by atoms with Crippen molar-refractivity contribution in [2.24, 2.45) is 0 Å². The Morgan fingerprint density at radius 1 is 1.29 bits per heavy atom.